The molecule has 0 saturated carbocycles. The van der Waals surface area contributed by atoms with Crippen molar-refractivity contribution in [1.29, 1.82) is 0 Å². The molecule has 0 radical (unpaired) electrons. The summed E-state index contributed by atoms with van der Waals surface area (Å²) in [5, 5.41) is 0. The van der Waals surface area contributed by atoms with Crippen LogP contribution in [0, 0.1) is 5.92 Å². The van der Waals surface area contributed by atoms with Crippen LogP contribution >= 0.6 is 0 Å². The summed E-state index contributed by atoms with van der Waals surface area (Å²) in [6.07, 6.45) is 1.90. The number of halogens is 1. The van der Waals surface area contributed by atoms with Gasteiger partial charge in [-0.1, -0.05) is 13.3 Å². The average molecular weight is 147 g/mol. The van der Waals surface area contributed by atoms with Gasteiger partial charge in [0.15, 0.2) is 0 Å². The molecule has 1 unspecified atom stereocenters. The Kier molecular flexibility index (Phi) is 3.87. The molecule has 0 fully saturated rings. The first-order chi connectivity index (χ1) is 4.52. The second-order valence-corrected chi connectivity index (χ2v) is 3.29. The second kappa shape index (κ2) is 3.91. The second-order valence-electron chi connectivity index (χ2n) is 3.29. The number of nitrogens with two attached hydrogens (primary N) is 1. The molecule has 0 aliphatic heterocycles. The lowest BCUT2D eigenvalue weighted by molar-refractivity contribution is 0.122. The molecule has 0 amide bonds. The van der Waals surface area contributed by atoms with E-state index in [1.165, 1.54) is 0 Å². The van der Waals surface area contributed by atoms with Gasteiger partial charge >= 0.3 is 0 Å². The highest BCUT2D eigenvalue weighted by Gasteiger charge is 2.26. The van der Waals surface area contributed by atoms with Gasteiger partial charge in [-0.3, -0.25) is 0 Å². The molecule has 0 heterocycles. The third kappa shape index (κ3) is 3.16. The first kappa shape index (κ1) is 9.89. The van der Waals surface area contributed by atoms with Gasteiger partial charge in [0, 0.05) is 5.92 Å². The van der Waals surface area contributed by atoms with Crippen LogP contribution in [-0.2, 0) is 0 Å². The van der Waals surface area contributed by atoms with Gasteiger partial charge in [-0.05, 0) is 26.8 Å². The maximum absolute atomic E-state index is 13.2. The van der Waals surface area contributed by atoms with E-state index in [0.717, 1.165) is 12.8 Å². The summed E-state index contributed by atoms with van der Waals surface area (Å²) in [6.45, 7) is 5.70. The predicted molar refractivity (Wildman–Crippen MR) is 42.6 cm³/mol. The van der Waals surface area contributed by atoms with Gasteiger partial charge in [-0.2, -0.15) is 0 Å². The summed E-state index contributed by atoms with van der Waals surface area (Å²) in [7, 11) is 0. The van der Waals surface area contributed by atoms with E-state index in [9.17, 15) is 4.39 Å². The van der Waals surface area contributed by atoms with Crippen LogP contribution in [0.4, 0.5) is 4.39 Å². The molecule has 0 aliphatic rings. The van der Waals surface area contributed by atoms with E-state index >= 15 is 0 Å². The predicted octanol–water partition coefficient (Wildman–Crippen LogP) is 2.11. The monoisotopic (exact) mass is 147 g/mol. The molecule has 0 aromatic rings. The van der Waals surface area contributed by atoms with Crippen LogP contribution in [0.2, 0.25) is 0 Å². The SMILES string of the molecule is CCCC(CN)C(C)(C)F. The van der Waals surface area contributed by atoms with E-state index in [-0.39, 0.29) is 5.92 Å². The lowest BCUT2D eigenvalue weighted by Crippen LogP contribution is -2.32. The molecule has 0 saturated heterocycles. The maximum Gasteiger partial charge on any atom is 0.109 e. The zero-order valence-corrected chi connectivity index (χ0v) is 7.15. The smallest absolute Gasteiger partial charge is 0.109 e. The normalized spacial score (nSPS) is 15.3. The van der Waals surface area contributed by atoms with E-state index < -0.39 is 5.67 Å². The van der Waals surface area contributed by atoms with Crippen molar-refractivity contribution in [1.82, 2.24) is 0 Å². The minimum absolute atomic E-state index is 0.0255. The Morgan fingerprint density at radius 1 is 1.50 bits per heavy atom. The van der Waals surface area contributed by atoms with Crippen molar-refractivity contribution in [3.8, 4) is 0 Å². The van der Waals surface area contributed by atoms with Crippen molar-refractivity contribution in [2.45, 2.75) is 39.3 Å². The minimum atomic E-state index is -1.11. The highest BCUT2D eigenvalue weighted by Crippen LogP contribution is 2.24. The van der Waals surface area contributed by atoms with Gasteiger partial charge in [0.25, 0.3) is 0 Å². The summed E-state index contributed by atoms with van der Waals surface area (Å²) >= 11 is 0. The summed E-state index contributed by atoms with van der Waals surface area (Å²) in [6, 6.07) is 0. The molecule has 1 atom stereocenters. The van der Waals surface area contributed by atoms with Gasteiger partial charge in [-0.25, -0.2) is 4.39 Å². The topological polar surface area (TPSA) is 26.0 Å². The fourth-order valence-corrected chi connectivity index (χ4v) is 1.09. The summed E-state index contributed by atoms with van der Waals surface area (Å²) in [5.41, 5.74) is 4.30. The van der Waals surface area contributed by atoms with Crippen LogP contribution in [0.15, 0.2) is 0 Å². The first-order valence-electron chi connectivity index (χ1n) is 3.91. The summed E-state index contributed by atoms with van der Waals surface area (Å²) < 4.78 is 13.2. The molecule has 0 aliphatic carbocycles. The largest absolute Gasteiger partial charge is 0.330 e. The molecule has 0 aromatic carbocycles. The Bertz CT molecular complexity index is 85.7. The highest BCUT2D eigenvalue weighted by molar-refractivity contribution is 4.77. The quantitative estimate of drug-likeness (QED) is 0.647. The van der Waals surface area contributed by atoms with Crippen molar-refractivity contribution < 1.29 is 4.39 Å². The van der Waals surface area contributed by atoms with E-state index in [2.05, 4.69) is 6.92 Å². The van der Waals surface area contributed by atoms with E-state index in [4.69, 9.17) is 5.73 Å². The Morgan fingerprint density at radius 2 is 2.00 bits per heavy atom. The molecule has 0 spiro atoms. The molecule has 0 aromatic heterocycles. The Balaban J connectivity index is 3.81. The third-order valence-electron chi connectivity index (χ3n) is 1.89. The average Bonchev–Trinajstić information content (AvgIpc) is 1.80. The molecule has 1 nitrogen and oxygen atoms in total. The molecule has 0 bridgehead atoms. The molecule has 2 N–H and O–H groups in total. The van der Waals surface area contributed by atoms with E-state index in [0.29, 0.717) is 6.54 Å². The molecule has 2 heteroatoms. The van der Waals surface area contributed by atoms with Gasteiger partial charge in [-0.15, -0.1) is 0 Å². The molecule has 10 heavy (non-hydrogen) atoms. The minimum Gasteiger partial charge on any atom is -0.330 e. The van der Waals surface area contributed by atoms with Crippen LogP contribution in [0.5, 0.6) is 0 Å². The van der Waals surface area contributed by atoms with E-state index in [1.54, 1.807) is 13.8 Å². The van der Waals surface area contributed by atoms with Gasteiger partial charge in [0.05, 0.1) is 0 Å². The van der Waals surface area contributed by atoms with Crippen LogP contribution in [0.3, 0.4) is 0 Å². The Hall–Kier alpha value is -0.110. The lowest BCUT2D eigenvalue weighted by Gasteiger charge is -2.24. The van der Waals surface area contributed by atoms with Crippen molar-refractivity contribution >= 4 is 0 Å². The summed E-state index contributed by atoms with van der Waals surface area (Å²) in [5.74, 6) is 0.0255. The number of rotatable bonds is 4. The number of hydrogen-bond donors (Lipinski definition) is 1. The van der Waals surface area contributed by atoms with Gasteiger partial charge in [0.2, 0.25) is 0 Å². The van der Waals surface area contributed by atoms with Crippen molar-refractivity contribution in [3.05, 3.63) is 0 Å². The molecule has 62 valence electrons. The molecular formula is C8H18FN. The fourth-order valence-electron chi connectivity index (χ4n) is 1.09. The number of hydrogen-bond acceptors (Lipinski definition) is 1. The molecular weight excluding hydrogens is 129 g/mol. The number of alkyl halides is 1. The van der Waals surface area contributed by atoms with Gasteiger partial charge < -0.3 is 5.73 Å². The van der Waals surface area contributed by atoms with Crippen molar-refractivity contribution in [2.75, 3.05) is 6.54 Å². The fraction of sp³-hybridized carbons (Fsp3) is 1.00. The van der Waals surface area contributed by atoms with Gasteiger partial charge in [0.1, 0.15) is 5.67 Å². The third-order valence-corrected chi connectivity index (χ3v) is 1.89. The van der Waals surface area contributed by atoms with E-state index in [1.807, 2.05) is 0 Å². The lowest BCUT2D eigenvalue weighted by atomic mass is 9.89. The Morgan fingerprint density at radius 3 is 2.10 bits per heavy atom. The van der Waals surface area contributed by atoms with Crippen molar-refractivity contribution in [2.24, 2.45) is 11.7 Å². The molecule has 0 rings (SSSR count). The van der Waals surface area contributed by atoms with Crippen LogP contribution in [0.1, 0.15) is 33.6 Å². The maximum atomic E-state index is 13.2. The zero-order valence-electron chi connectivity index (χ0n) is 7.15. The Labute approximate surface area is 62.8 Å². The zero-order chi connectivity index (χ0) is 8.20. The van der Waals surface area contributed by atoms with Crippen LogP contribution in [0.25, 0.3) is 0 Å². The first-order valence-corrected chi connectivity index (χ1v) is 3.91. The standard InChI is InChI=1S/C8H18FN/c1-4-5-7(6-10)8(2,3)9/h7H,4-6,10H2,1-3H3. The summed E-state index contributed by atoms with van der Waals surface area (Å²) in [4.78, 5) is 0. The van der Waals surface area contributed by atoms with Crippen LogP contribution in [-0.4, -0.2) is 12.2 Å². The highest BCUT2D eigenvalue weighted by atomic mass is 19.1. The van der Waals surface area contributed by atoms with Crippen molar-refractivity contribution in [3.63, 3.8) is 0 Å². The van der Waals surface area contributed by atoms with Crippen LogP contribution < -0.4 is 5.73 Å².